The molecule has 0 amide bonds. The predicted octanol–water partition coefficient (Wildman–Crippen LogP) is 4.07. The summed E-state index contributed by atoms with van der Waals surface area (Å²) in [5.74, 6) is 0.821. The van der Waals surface area contributed by atoms with Crippen molar-refractivity contribution in [3.05, 3.63) is 35.7 Å². The third kappa shape index (κ3) is 1.33. The molecule has 19 heavy (non-hydrogen) atoms. The lowest BCUT2D eigenvalue weighted by atomic mass is 10.0. The van der Waals surface area contributed by atoms with Gasteiger partial charge in [-0.1, -0.05) is 16.8 Å². The standard InChI is InChI=1S/C13H7ClN2O3/c14-11-7-2-4-17-12(7)10(6-1-3-18-13(6)11)8-5-9(15)16-19-8/h1-5H,(H2,15,16). The maximum atomic E-state index is 6.30. The summed E-state index contributed by atoms with van der Waals surface area (Å²) in [7, 11) is 0. The molecule has 0 aliphatic heterocycles. The van der Waals surface area contributed by atoms with Crippen LogP contribution in [0.25, 0.3) is 33.3 Å². The number of aromatic nitrogens is 1. The number of hydrogen-bond donors (Lipinski definition) is 1. The summed E-state index contributed by atoms with van der Waals surface area (Å²) >= 11 is 6.30. The Morgan fingerprint density at radius 1 is 1.05 bits per heavy atom. The molecule has 0 radical (unpaired) electrons. The molecule has 0 aliphatic carbocycles. The molecular formula is C13H7ClN2O3. The minimum atomic E-state index is 0.307. The lowest BCUT2D eigenvalue weighted by Crippen LogP contribution is -1.81. The Kier molecular flexibility index (Phi) is 1.97. The normalized spacial score (nSPS) is 11.6. The van der Waals surface area contributed by atoms with Crippen molar-refractivity contribution in [2.45, 2.75) is 0 Å². The Morgan fingerprint density at radius 2 is 1.79 bits per heavy atom. The van der Waals surface area contributed by atoms with Gasteiger partial charge < -0.3 is 19.1 Å². The van der Waals surface area contributed by atoms with E-state index in [9.17, 15) is 0 Å². The molecule has 6 heteroatoms. The highest BCUT2D eigenvalue weighted by molar-refractivity contribution is 6.41. The zero-order valence-corrected chi connectivity index (χ0v) is 10.3. The summed E-state index contributed by atoms with van der Waals surface area (Å²) in [4.78, 5) is 0. The molecule has 3 heterocycles. The molecule has 0 aliphatic rings. The van der Waals surface area contributed by atoms with Crippen LogP contribution in [0, 0.1) is 0 Å². The number of halogens is 1. The van der Waals surface area contributed by atoms with Crippen LogP contribution in [0.4, 0.5) is 5.82 Å². The molecule has 0 saturated carbocycles. The molecule has 0 saturated heterocycles. The second-order valence-electron chi connectivity index (χ2n) is 4.13. The average molecular weight is 275 g/mol. The lowest BCUT2D eigenvalue weighted by Gasteiger charge is -2.02. The highest BCUT2D eigenvalue weighted by Crippen LogP contribution is 2.42. The first-order valence-corrected chi connectivity index (χ1v) is 5.92. The molecule has 0 unspecified atom stereocenters. The van der Waals surface area contributed by atoms with Crippen LogP contribution in [0.15, 0.2) is 44.1 Å². The van der Waals surface area contributed by atoms with E-state index in [1.807, 2.05) is 0 Å². The minimum Gasteiger partial charge on any atom is -0.463 e. The number of benzene rings is 1. The smallest absolute Gasteiger partial charge is 0.173 e. The SMILES string of the molecule is Nc1cc(-c2c3ccoc3c(Cl)c3ccoc23)on1. The first-order valence-electron chi connectivity index (χ1n) is 5.54. The molecule has 4 aromatic rings. The van der Waals surface area contributed by atoms with Gasteiger partial charge in [-0.3, -0.25) is 0 Å². The number of nitrogens with zero attached hydrogens (tertiary/aromatic N) is 1. The topological polar surface area (TPSA) is 78.3 Å². The summed E-state index contributed by atoms with van der Waals surface area (Å²) in [5, 5.41) is 5.76. The van der Waals surface area contributed by atoms with Crippen LogP contribution in [0.1, 0.15) is 0 Å². The van der Waals surface area contributed by atoms with Gasteiger partial charge in [0, 0.05) is 16.8 Å². The van der Waals surface area contributed by atoms with Gasteiger partial charge in [-0.2, -0.15) is 0 Å². The molecule has 3 aromatic heterocycles. The number of hydrogen-bond acceptors (Lipinski definition) is 5. The van der Waals surface area contributed by atoms with Gasteiger partial charge in [-0.15, -0.1) is 0 Å². The van der Waals surface area contributed by atoms with E-state index >= 15 is 0 Å². The van der Waals surface area contributed by atoms with E-state index < -0.39 is 0 Å². The summed E-state index contributed by atoms with van der Waals surface area (Å²) < 4.78 is 16.2. The van der Waals surface area contributed by atoms with Crippen molar-refractivity contribution in [2.75, 3.05) is 5.73 Å². The Bertz CT molecular complexity index is 851. The molecular weight excluding hydrogens is 268 g/mol. The lowest BCUT2D eigenvalue weighted by molar-refractivity contribution is 0.436. The van der Waals surface area contributed by atoms with E-state index in [1.165, 1.54) is 0 Å². The van der Waals surface area contributed by atoms with Gasteiger partial charge in [-0.25, -0.2) is 0 Å². The number of rotatable bonds is 1. The number of furan rings is 2. The van der Waals surface area contributed by atoms with E-state index in [-0.39, 0.29) is 0 Å². The third-order valence-electron chi connectivity index (χ3n) is 3.04. The summed E-state index contributed by atoms with van der Waals surface area (Å²) in [6.45, 7) is 0. The van der Waals surface area contributed by atoms with Crippen molar-refractivity contribution < 1.29 is 13.4 Å². The fourth-order valence-corrected chi connectivity index (χ4v) is 2.54. The maximum Gasteiger partial charge on any atom is 0.173 e. The predicted molar refractivity (Wildman–Crippen MR) is 70.9 cm³/mol. The number of nitrogen functional groups attached to an aromatic ring is 1. The molecule has 0 atom stereocenters. The van der Waals surface area contributed by atoms with E-state index in [0.29, 0.717) is 27.8 Å². The molecule has 5 nitrogen and oxygen atoms in total. The Balaban J connectivity index is 2.24. The molecule has 1 aromatic carbocycles. The van der Waals surface area contributed by atoms with Crippen LogP contribution in [0.2, 0.25) is 5.02 Å². The van der Waals surface area contributed by atoms with Gasteiger partial charge in [0.25, 0.3) is 0 Å². The van der Waals surface area contributed by atoms with Crippen LogP contribution in [0.3, 0.4) is 0 Å². The molecule has 0 spiro atoms. The van der Waals surface area contributed by atoms with Crippen molar-refractivity contribution in [1.29, 1.82) is 0 Å². The highest BCUT2D eigenvalue weighted by atomic mass is 35.5. The fraction of sp³-hybridized carbons (Fsp3) is 0. The van der Waals surface area contributed by atoms with Crippen LogP contribution in [-0.2, 0) is 0 Å². The van der Waals surface area contributed by atoms with Gasteiger partial charge in [0.15, 0.2) is 17.2 Å². The third-order valence-corrected chi connectivity index (χ3v) is 3.41. The molecule has 0 bridgehead atoms. The van der Waals surface area contributed by atoms with E-state index in [0.717, 1.165) is 16.3 Å². The number of anilines is 1. The summed E-state index contributed by atoms with van der Waals surface area (Å²) in [6.07, 6.45) is 3.14. The average Bonchev–Trinajstić information content (AvgIpc) is 3.09. The minimum absolute atomic E-state index is 0.307. The van der Waals surface area contributed by atoms with Gasteiger partial charge in [0.1, 0.15) is 5.58 Å². The van der Waals surface area contributed by atoms with Gasteiger partial charge in [0.05, 0.1) is 23.1 Å². The molecule has 4 rings (SSSR count). The van der Waals surface area contributed by atoms with Crippen LogP contribution in [0.5, 0.6) is 0 Å². The van der Waals surface area contributed by atoms with Crippen molar-refractivity contribution >= 4 is 39.4 Å². The van der Waals surface area contributed by atoms with Crippen LogP contribution >= 0.6 is 11.6 Å². The first-order chi connectivity index (χ1) is 9.25. The quantitative estimate of drug-likeness (QED) is 0.566. The molecule has 2 N–H and O–H groups in total. The van der Waals surface area contributed by atoms with Crippen molar-refractivity contribution in [3.63, 3.8) is 0 Å². The Labute approximate surface area is 111 Å². The number of fused-ring (bicyclic) bond motifs is 2. The molecule has 0 fully saturated rings. The second-order valence-corrected chi connectivity index (χ2v) is 4.51. The van der Waals surface area contributed by atoms with Crippen molar-refractivity contribution in [1.82, 2.24) is 5.16 Å². The van der Waals surface area contributed by atoms with Crippen LogP contribution in [-0.4, -0.2) is 5.16 Å². The van der Waals surface area contributed by atoms with Crippen molar-refractivity contribution in [2.24, 2.45) is 0 Å². The highest BCUT2D eigenvalue weighted by Gasteiger charge is 2.21. The van der Waals surface area contributed by atoms with E-state index in [4.69, 9.17) is 30.7 Å². The summed E-state index contributed by atoms with van der Waals surface area (Å²) in [6, 6.07) is 5.22. The summed E-state index contributed by atoms with van der Waals surface area (Å²) in [5.41, 5.74) is 7.54. The Morgan fingerprint density at radius 3 is 2.53 bits per heavy atom. The van der Waals surface area contributed by atoms with E-state index in [2.05, 4.69) is 5.16 Å². The Hall–Kier alpha value is -2.40. The zero-order valence-electron chi connectivity index (χ0n) is 9.51. The fourth-order valence-electron chi connectivity index (χ4n) is 2.25. The van der Waals surface area contributed by atoms with Gasteiger partial charge >= 0.3 is 0 Å². The largest absolute Gasteiger partial charge is 0.463 e. The monoisotopic (exact) mass is 274 g/mol. The van der Waals surface area contributed by atoms with Crippen molar-refractivity contribution in [3.8, 4) is 11.3 Å². The first kappa shape index (κ1) is 10.5. The second kappa shape index (κ2) is 3.55. The zero-order chi connectivity index (χ0) is 13.0. The number of nitrogens with two attached hydrogens (primary N) is 1. The van der Waals surface area contributed by atoms with Crippen LogP contribution < -0.4 is 5.73 Å². The molecule has 94 valence electrons. The maximum absolute atomic E-state index is 6.30. The van der Waals surface area contributed by atoms with Gasteiger partial charge in [0.2, 0.25) is 0 Å². The van der Waals surface area contributed by atoms with Gasteiger partial charge in [-0.05, 0) is 12.1 Å². The van der Waals surface area contributed by atoms with E-state index in [1.54, 1.807) is 30.7 Å².